The quantitative estimate of drug-likeness (QED) is 0.0197. The summed E-state index contributed by atoms with van der Waals surface area (Å²) in [5, 5.41) is 78.1. The van der Waals surface area contributed by atoms with Crippen molar-refractivity contribution in [2.75, 3.05) is 13.1 Å². The maximum Gasteiger partial charge on any atom is 0.326 e. The van der Waals surface area contributed by atoms with Gasteiger partial charge in [0.1, 0.15) is 90.6 Å². The molecule has 1 saturated heterocycles. The summed E-state index contributed by atoms with van der Waals surface area (Å²) in [6.07, 6.45) is 1.82. The number of aliphatic hydroxyl groups excluding tert-OH is 1. The number of fused-ring (bicyclic) bond motifs is 2. The first-order chi connectivity index (χ1) is 62.8. The fourth-order valence-electron chi connectivity index (χ4n) is 15.2. The summed E-state index contributed by atoms with van der Waals surface area (Å²) >= 11 is 0. The van der Waals surface area contributed by atoms with Gasteiger partial charge in [-0.25, -0.2) is 9.78 Å². The van der Waals surface area contributed by atoms with Crippen molar-refractivity contribution in [3.05, 3.63) is 90.3 Å². The zero-order valence-electron chi connectivity index (χ0n) is 77.2. The normalized spacial score (nSPS) is 16.6. The van der Waals surface area contributed by atoms with Crippen molar-refractivity contribution in [1.82, 2.24) is 99.3 Å². The highest BCUT2D eigenvalue weighted by Gasteiger charge is 2.45. The number of carboxylic acid groups (broad SMARTS) is 3. The first kappa shape index (κ1) is 108. The summed E-state index contributed by atoms with van der Waals surface area (Å²) in [6.45, 7) is 20.4. The van der Waals surface area contributed by atoms with Crippen LogP contribution in [0.5, 0.6) is 0 Å². The van der Waals surface area contributed by atoms with Gasteiger partial charge >= 0.3 is 17.9 Å². The van der Waals surface area contributed by atoms with Crippen molar-refractivity contribution in [1.29, 1.82) is 0 Å². The Labute approximate surface area is 769 Å². The van der Waals surface area contributed by atoms with Crippen LogP contribution in [0.15, 0.2) is 73.4 Å². The lowest BCUT2D eigenvalue weighted by molar-refractivity contribution is -0.144. The molecule has 4 heterocycles. The molecule has 730 valence electrons. The number of hydrogen-bond donors (Lipinski definition) is 23. The summed E-state index contributed by atoms with van der Waals surface area (Å²) in [5.74, 6) is -23.5. The van der Waals surface area contributed by atoms with Gasteiger partial charge in [-0.1, -0.05) is 125 Å². The Balaban J connectivity index is 1.20. The molecule has 133 heavy (non-hydrogen) atoms. The molecule has 2 aromatic carbocycles. The third-order valence-electron chi connectivity index (χ3n) is 23.4. The Morgan fingerprint density at radius 1 is 0.459 bits per heavy atom. The molecular formula is C89H131N21O23. The number of aliphatic carboxylic acids is 3. The lowest BCUT2D eigenvalue weighted by Gasteiger charge is -2.33. The Kier molecular flexibility index (Phi) is 42.3. The Morgan fingerprint density at radius 2 is 0.865 bits per heavy atom. The Hall–Kier alpha value is -13.4. The fourth-order valence-corrected chi connectivity index (χ4v) is 15.2. The van der Waals surface area contributed by atoms with Gasteiger partial charge in [0.2, 0.25) is 94.5 Å². The largest absolute Gasteiger partial charge is 0.481 e. The molecule has 5 aromatic rings. The second-order valence-corrected chi connectivity index (χ2v) is 34.7. The predicted molar refractivity (Wildman–Crippen MR) is 483 cm³/mol. The molecule has 0 radical (unpaired) electrons. The number of benzene rings is 2. The van der Waals surface area contributed by atoms with Crippen LogP contribution in [0, 0.1) is 29.6 Å². The number of carbonyl (C=O) groups is 19. The number of aromatic amines is 3. The molecule has 0 unspecified atom stereocenters. The third-order valence-corrected chi connectivity index (χ3v) is 23.4. The van der Waals surface area contributed by atoms with Gasteiger partial charge in [0, 0.05) is 78.8 Å². The highest BCUT2D eigenvalue weighted by Crippen LogP contribution is 2.26. The van der Waals surface area contributed by atoms with E-state index in [-0.39, 0.29) is 70.4 Å². The maximum atomic E-state index is 15.1. The van der Waals surface area contributed by atoms with Crippen LogP contribution >= 0.6 is 0 Å². The monoisotopic (exact) mass is 1860 g/mol. The zero-order chi connectivity index (χ0) is 98.9. The number of aliphatic hydroxyl groups is 1. The minimum absolute atomic E-state index is 0.0287. The van der Waals surface area contributed by atoms with Crippen molar-refractivity contribution in [2.24, 2.45) is 41.1 Å². The second-order valence-electron chi connectivity index (χ2n) is 34.7. The molecule has 6 rings (SSSR count). The van der Waals surface area contributed by atoms with Gasteiger partial charge in [-0.15, -0.1) is 0 Å². The van der Waals surface area contributed by atoms with Crippen molar-refractivity contribution in [2.45, 2.75) is 283 Å². The molecular weight excluding hydrogens is 1730 g/mol. The third kappa shape index (κ3) is 32.5. The summed E-state index contributed by atoms with van der Waals surface area (Å²) in [4.78, 5) is 279. The first-order valence-electron chi connectivity index (χ1n) is 44.7. The van der Waals surface area contributed by atoms with Crippen molar-refractivity contribution >= 4 is 134 Å². The molecule has 1 fully saturated rings. The van der Waals surface area contributed by atoms with Gasteiger partial charge in [-0.05, 0) is 112 Å². The molecule has 3 aromatic heterocycles. The molecule has 25 N–H and O–H groups in total. The second kappa shape index (κ2) is 52.0. The van der Waals surface area contributed by atoms with Crippen LogP contribution in [-0.4, -0.2) is 268 Å². The number of primary amides is 1. The van der Waals surface area contributed by atoms with E-state index in [9.17, 15) is 107 Å². The lowest BCUT2D eigenvalue weighted by atomic mass is 9.96. The zero-order valence-corrected chi connectivity index (χ0v) is 77.2. The van der Waals surface area contributed by atoms with Crippen LogP contribution in [-0.2, 0) is 110 Å². The molecule has 0 spiro atoms. The molecule has 1 aliphatic rings. The van der Waals surface area contributed by atoms with Crippen LogP contribution in [0.25, 0.3) is 21.8 Å². The van der Waals surface area contributed by atoms with E-state index < -0.39 is 259 Å². The average Bonchev–Trinajstić information content (AvgIpc) is 1.72. The fraction of sp³-hybridized carbons (Fsp3) is 0.573. The summed E-state index contributed by atoms with van der Waals surface area (Å²) in [7, 11) is 0. The van der Waals surface area contributed by atoms with Crippen molar-refractivity contribution in [3.63, 3.8) is 0 Å². The number of para-hydroxylation sites is 2. The van der Waals surface area contributed by atoms with Gasteiger partial charge in [0.05, 0.1) is 31.7 Å². The number of rotatable bonds is 55. The van der Waals surface area contributed by atoms with E-state index in [2.05, 4.69) is 94.4 Å². The number of nitrogens with one attached hydrogen (secondary N) is 17. The molecule has 0 saturated carbocycles. The molecule has 16 amide bonds. The van der Waals surface area contributed by atoms with E-state index in [0.717, 1.165) is 0 Å². The highest BCUT2D eigenvalue weighted by molar-refractivity contribution is 6.03. The molecule has 0 aliphatic carbocycles. The SMILES string of the molecule is CC[C@H](C)[C@H](NC(C)=O)C(=O)N[C@@H](Cc1cnc[nH]1)C(=O)N[C@H](C(=O)N[C@H](C(=O)N[C@H](C(=O)N1CCC[C@H]1C(=O)N[C@@H](C)C(=O)N[C@@H](CC(=O)O)C(=O)N[C@@H](CC(C)C)C(=O)N[C@@H](Cc1c[nH]c2ccccc12)C(=O)N[C@@H](CC(=O)O)C(=O)N[C@@H](Cc1c[nH]c2ccccc12)C(=O)N[C@H](C(=O)N[C@@H](CC(N)=O)C(=O)N[C@@H](CCCCN)C(=O)O)[C@@H](C)CC)[C@@H](C)CC)[C@@H](C)O)C(C)C. The number of imidazole rings is 1. The van der Waals surface area contributed by atoms with Gasteiger partial charge in [0.15, 0.2) is 0 Å². The number of nitrogens with zero attached hydrogens (tertiary/aromatic N) is 2. The average molecular weight is 1860 g/mol. The van der Waals surface area contributed by atoms with Crippen LogP contribution in [0.3, 0.4) is 0 Å². The lowest BCUT2D eigenvalue weighted by Crippen LogP contribution is -2.63. The van der Waals surface area contributed by atoms with Crippen molar-refractivity contribution < 1.29 is 112 Å². The number of H-pyrrole nitrogens is 3. The van der Waals surface area contributed by atoms with Gasteiger partial charge in [-0.3, -0.25) is 86.3 Å². The van der Waals surface area contributed by atoms with Gasteiger partial charge < -0.3 is 126 Å². The number of carbonyl (C=O) groups excluding carboxylic acids is 16. The number of hydrogen-bond acceptors (Lipinski definition) is 22. The molecule has 0 bridgehead atoms. The Morgan fingerprint density at radius 3 is 1.33 bits per heavy atom. The van der Waals surface area contributed by atoms with Gasteiger partial charge in [-0.2, -0.15) is 0 Å². The van der Waals surface area contributed by atoms with Crippen molar-refractivity contribution in [3.8, 4) is 0 Å². The maximum absolute atomic E-state index is 15.1. The van der Waals surface area contributed by atoms with Gasteiger partial charge in [0.25, 0.3) is 0 Å². The van der Waals surface area contributed by atoms with E-state index >= 15 is 4.79 Å². The summed E-state index contributed by atoms with van der Waals surface area (Å²) < 4.78 is 0. The molecule has 1 aliphatic heterocycles. The number of aromatic nitrogens is 4. The molecule has 44 heteroatoms. The molecule has 44 nitrogen and oxygen atoms in total. The minimum atomic E-state index is -2.08. The van der Waals surface area contributed by atoms with E-state index in [1.54, 1.807) is 111 Å². The number of likely N-dealkylation sites (tertiary alicyclic amines) is 1. The topological polar surface area (TPSA) is 689 Å². The number of nitrogens with two attached hydrogens (primary N) is 2. The van der Waals surface area contributed by atoms with Crippen LogP contribution in [0.2, 0.25) is 0 Å². The minimum Gasteiger partial charge on any atom is -0.481 e. The Bertz CT molecular complexity index is 4920. The van der Waals surface area contributed by atoms with E-state index in [1.165, 1.54) is 50.6 Å². The number of unbranched alkanes of at least 4 members (excludes halogenated alkanes) is 1. The van der Waals surface area contributed by atoms with E-state index in [1.807, 2.05) is 6.92 Å². The first-order valence-corrected chi connectivity index (χ1v) is 44.7. The van der Waals surface area contributed by atoms with Crippen LogP contribution < -0.4 is 85.9 Å². The smallest absolute Gasteiger partial charge is 0.326 e. The standard InChI is InChI=1S/C89H131N21O23/c1-14-45(8)71(97-50(13)112)85(128)104-62(35-53-41-92-42-95-53)82(125)106-70(44(6)7)84(127)109-74(49(12)111)87(130)108-73(47(10)16-3)88(131)110-31-23-29-66(110)83(126)96-48(11)75(118)99-64(37-68(114)115)79(122)100-59(32-43(4)5)76(119)101-60(33-51-39-93-56-26-19-17-24-54(51)56)77(120)103-65(38-69(116)117)80(123)102-61(34-52-40-94-57-27-20-18-25-55(52)57)81(124)107-72(46(9)15-2)86(129)105-63(36-67(91)113)78(121)98-58(89(132)133)28-21-22-30-90/h17-20,24-27,39-49,58-66,70-74,93-94,111H,14-16,21-23,28-38,90H2,1-13H3,(H2,91,113)(H,92,95)(H,96,126)(H,97,112)(H,98,121)(H,99,118)(H,100,122)(H,101,119)(H,102,123)(H,103,120)(H,104,128)(H,105,129)(H,106,125)(H,107,124)(H,108,130)(H,109,127)(H,114,115)(H,116,117)(H,132,133)/t45-,46-,47-,48-,49+,58-,59-,60-,61-,62-,63-,64-,65-,66-,70-,71-,72-,73-,74-/m0/s1. The van der Waals surface area contributed by atoms with E-state index in [0.29, 0.717) is 57.9 Å². The van der Waals surface area contributed by atoms with Crippen LogP contribution in [0.4, 0.5) is 0 Å². The number of amides is 16. The van der Waals surface area contributed by atoms with Crippen LogP contribution in [0.1, 0.15) is 184 Å². The number of carboxylic acids is 3. The highest BCUT2D eigenvalue weighted by atomic mass is 16.4. The summed E-state index contributed by atoms with van der Waals surface area (Å²) in [6, 6.07) is -10.3. The summed E-state index contributed by atoms with van der Waals surface area (Å²) in [5.41, 5.74) is 13.5. The van der Waals surface area contributed by atoms with E-state index in [4.69, 9.17) is 11.5 Å². The predicted octanol–water partition coefficient (Wildman–Crippen LogP) is -1.52. The molecule has 19 atom stereocenters.